The molecule has 0 saturated carbocycles. The van der Waals surface area contributed by atoms with Gasteiger partial charge in [-0.15, -0.1) is 0 Å². The number of hydrogen-bond donors (Lipinski definition) is 1. The molecular weight excluding hydrogens is 312 g/mol. The first-order chi connectivity index (χ1) is 9.86. The molecule has 118 valence electrons. The summed E-state index contributed by atoms with van der Waals surface area (Å²) >= 11 is 5.95. The number of methoxy groups -OCH3 is 1. The fraction of sp³-hybridized carbons (Fsp3) is 0.571. The molecule has 0 bridgehead atoms. The van der Waals surface area contributed by atoms with Crippen molar-refractivity contribution in [2.75, 3.05) is 32.5 Å². The predicted octanol–water partition coefficient (Wildman–Crippen LogP) is 2.28. The van der Waals surface area contributed by atoms with Gasteiger partial charge in [-0.1, -0.05) is 11.6 Å². The molecule has 5 nitrogen and oxygen atoms in total. The SMILES string of the molecule is COCC1CCN(S(=O)(=O)c2cc(Cl)cc(N)c2C)CC1. The van der Waals surface area contributed by atoms with Crippen molar-refractivity contribution in [2.45, 2.75) is 24.7 Å². The lowest BCUT2D eigenvalue weighted by molar-refractivity contribution is 0.121. The number of piperidine rings is 1. The van der Waals surface area contributed by atoms with Crippen LogP contribution in [0.1, 0.15) is 18.4 Å². The maximum atomic E-state index is 12.8. The van der Waals surface area contributed by atoms with E-state index in [0.717, 1.165) is 12.8 Å². The zero-order valence-electron chi connectivity index (χ0n) is 12.3. The standard InChI is InChI=1S/C14H21ClN2O3S/c1-10-13(16)7-12(15)8-14(10)21(18,19)17-5-3-11(4-6-17)9-20-2/h7-8,11H,3-6,9,16H2,1-2H3. The summed E-state index contributed by atoms with van der Waals surface area (Å²) in [6.07, 6.45) is 1.62. The van der Waals surface area contributed by atoms with Gasteiger partial charge < -0.3 is 10.5 Å². The van der Waals surface area contributed by atoms with Crippen molar-refractivity contribution in [1.82, 2.24) is 4.31 Å². The van der Waals surface area contributed by atoms with Crippen LogP contribution in [-0.2, 0) is 14.8 Å². The lowest BCUT2D eigenvalue weighted by Crippen LogP contribution is -2.39. The predicted molar refractivity (Wildman–Crippen MR) is 84.0 cm³/mol. The number of halogens is 1. The van der Waals surface area contributed by atoms with E-state index < -0.39 is 10.0 Å². The van der Waals surface area contributed by atoms with Crippen molar-refractivity contribution in [3.63, 3.8) is 0 Å². The van der Waals surface area contributed by atoms with Gasteiger partial charge in [-0.25, -0.2) is 8.42 Å². The van der Waals surface area contributed by atoms with Crippen LogP contribution < -0.4 is 5.73 Å². The molecule has 0 radical (unpaired) electrons. The van der Waals surface area contributed by atoms with Crippen LogP contribution >= 0.6 is 11.6 Å². The first-order valence-corrected chi connectivity index (χ1v) is 8.72. The third-order valence-corrected chi connectivity index (χ3v) is 6.20. The highest BCUT2D eigenvalue weighted by atomic mass is 35.5. The number of benzene rings is 1. The molecule has 0 aliphatic carbocycles. The number of rotatable bonds is 4. The average Bonchev–Trinajstić information content (AvgIpc) is 2.43. The summed E-state index contributed by atoms with van der Waals surface area (Å²) < 4.78 is 32.2. The highest BCUT2D eigenvalue weighted by Crippen LogP contribution is 2.30. The molecule has 0 spiro atoms. The minimum absolute atomic E-state index is 0.206. The summed E-state index contributed by atoms with van der Waals surface area (Å²) in [7, 11) is -1.88. The highest BCUT2D eigenvalue weighted by Gasteiger charge is 2.31. The van der Waals surface area contributed by atoms with E-state index in [1.807, 2.05) is 0 Å². The number of hydrogen-bond acceptors (Lipinski definition) is 4. The largest absolute Gasteiger partial charge is 0.398 e. The second-order valence-electron chi connectivity index (χ2n) is 5.42. The summed E-state index contributed by atoms with van der Waals surface area (Å²) in [4.78, 5) is 0.206. The van der Waals surface area contributed by atoms with E-state index in [4.69, 9.17) is 22.1 Å². The molecule has 0 unspecified atom stereocenters. The Bertz CT molecular complexity index is 611. The lowest BCUT2D eigenvalue weighted by Gasteiger charge is -2.31. The van der Waals surface area contributed by atoms with E-state index in [1.165, 1.54) is 10.4 Å². The van der Waals surface area contributed by atoms with Gasteiger partial charge in [0.1, 0.15) is 0 Å². The molecule has 0 atom stereocenters. The number of nitrogen functional groups attached to an aromatic ring is 1. The number of nitrogens with two attached hydrogens (primary N) is 1. The smallest absolute Gasteiger partial charge is 0.243 e. The highest BCUT2D eigenvalue weighted by molar-refractivity contribution is 7.89. The third-order valence-electron chi connectivity index (χ3n) is 3.96. The molecule has 1 heterocycles. The maximum Gasteiger partial charge on any atom is 0.243 e. The van der Waals surface area contributed by atoms with E-state index >= 15 is 0 Å². The van der Waals surface area contributed by atoms with Crippen LogP contribution in [0.4, 0.5) is 5.69 Å². The van der Waals surface area contributed by atoms with Crippen LogP contribution in [0.2, 0.25) is 5.02 Å². The van der Waals surface area contributed by atoms with Crippen molar-refractivity contribution in [3.05, 3.63) is 22.7 Å². The van der Waals surface area contributed by atoms with Gasteiger partial charge in [-0.2, -0.15) is 4.31 Å². The number of sulfonamides is 1. The van der Waals surface area contributed by atoms with Gasteiger partial charge in [-0.3, -0.25) is 0 Å². The van der Waals surface area contributed by atoms with Gasteiger partial charge in [0.15, 0.2) is 0 Å². The van der Waals surface area contributed by atoms with E-state index in [-0.39, 0.29) is 4.90 Å². The molecule has 1 aromatic rings. The van der Waals surface area contributed by atoms with Gasteiger partial charge in [0.2, 0.25) is 10.0 Å². The Morgan fingerprint density at radius 3 is 2.57 bits per heavy atom. The molecule has 21 heavy (non-hydrogen) atoms. The van der Waals surface area contributed by atoms with Crippen molar-refractivity contribution in [3.8, 4) is 0 Å². The number of nitrogens with zero attached hydrogens (tertiary/aromatic N) is 1. The van der Waals surface area contributed by atoms with Gasteiger partial charge >= 0.3 is 0 Å². The monoisotopic (exact) mass is 332 g/mol. The normalized spacial score (nSPS) is 18.0. The Morgan fingerprint density at radius 2 is 2.00 bits per heavy atom. The topological polar surface area (TPSA) is 72.6 Å². The molecule has 0 amide bonds. The third kappa shape index (κ3) is 3.51. The van der Waals surface area contributed by atoms with Crippen molar-refractivity contribution < 1.29 is 13.2 Å². The van der Waals surface area contributed by atoms with Gasteiger partial charge in [0.25, 0.3) is 0 Å². The van der Waals surface area contributed by atoms with Crippen molar-refractivity contribution >= 4 is 27.3 Å². The lowest BCUT2D eigenvalue weighted by atomic mass is 9.99. The Kier molecular flexibility index (Phi) is 5.14. The number of ether oxygens (including phenoxy) is 1. The first-order valence-electron chi connectivity index (χ1n) is 6.91. The summed E-state index contributed by atoms with van der Waals surface area (Å²) in [5, 5.41) is 0.339. The molecule has 1 aromatic carbocycles. The zero-order chi connectivity index (χ0) is 15.6. The fourth-order valence-electron chi connectivity index (χ4n) is 2.63. The molecule has 2 N–H and O–H groups in total. The quantitative estimate of drug-likeness (QED) is 0.858. The molecule has 1 fully saturated rings. The van der Waals surface area contributed by atoms with Gasteiger partial charge in [0.05, 0.1) is 4.90 Å². The first kappa shape index (κ1) is 16.5. The number of anilines is 1. The molecule has 0 aromatic heterocycles. The van der Waals surface area contributed by atoms with Crippen LogP contribution in [-0.4, -0.2) is 39.5 Å². The molecule has 1 aliphatic rings. The Morgan fingerprint density at radius 1 is 1.38 bits per heavy atom. The van der Waals surface area contributed by atoms with E-state index in [9.17, 15) is 8.42 Å². The molecule has 1 aliphatic heterocycles. The molecule has 2 rings (SSSR count). The summed E-state index contributed by atoms with van der Waals surface area (Å²) in [5.74, 6) is 0.423. The second kappa shape index (κ2) is 6.52. The van der Waals surface area contributed by atoms with E-state index in [0.29, 0.717) is 41.9 Å². The van der Waals surface area contributed by atoms with Crippen molar-refractivity contribution in [1.29, 1.82) is 0 Å². The van der Waals surface area contributed by atoms with Crippen LogP contribution in [0.3, 0.4) is 0 Å². The zero-order valence-corrected chi connectivity index (χ0v) is 13.9. The second-order valence-corrected chi connectivity index (χ2v) is 7.76. The van der Waals surface area contributed by atoms with Crippen LogP contribution in [0.25, 0.3) is 0 Å². The van der Waals surface area contributed by atoms with Crippen LogP contribution in [0.5, 0.6) is 0 Å². The molecule has 7 heteroatoms. The molecular formula is C14H21ClN2O3S. The van der Waals surface area contributed by atoms with E-state index in [1.54, 1.807) is 20.1 Å². The fourth-order valence-corrected chi connectivity index (χ4v) is 4.67. The van der Waals surface area contributed by atoms with Crippen molar-refractivity contribution in [2.24, 2.45) is 5.92 Å². The Hall–Kier alpha value is -0.820. The van der Waals surface area contributed by atoms with Gasteiger partial charge in [0, 0.05) is 37.5 Å². The summed E-state index contributed by atoms with van der Waals surface area (Å²) in [6, 6.07) is 3.05. The minimum atomic E-state index is -3.55. The van der Waals surface area contributed by atoms with Crippen LogP contribution in [0.15, 0.2) is 17.0 Å². The van der Waals surface area contributed by atoms with Gasteiger partial charge in [-0.05, 0) is 43.4 Å². The summed E-state index contributed by atoms with van der Waals surface area (Å²) in [5.41, 5.74) is 6.78. The Labute approximate surface area is 131 Å². The summed E-state index contributed by atoms with van der Waals surface area (Å²) in [6.45, 7) is 3.39. The maximum absolute atomic E-state index is 12.8. The average molecular weight is 333 g/mol. The minimum Gasteiger partial charge on any atom is -0.398 e. The molecule has 1 saturated heterocycles. The Balaban J connectivity index is 2.24. The van der Waals surface area contributed by atoms with Crippen LogP contribution in [0, 0.1) is 12.8 Å². The van der Waals surface area contributed by atoms with E-state index in [2.05, 4.69) is 0 Å².